The van der Waals surface area contributed by atoms with Gasteiger partial charge in [0.05, 0.1) is 22.1 Å². The van der Waals surface area contributed by atoms with Gasteiger partial charge in [-0.05, 0) is 25.6 Å². The number of rotatable bonds is 4. The zero-order valence-corrected chi connectivity index (χ0v) is 10.3. The molecule has 0 N–H and O–H groups in total. The van der Waals surface area contributed by atoms with Gasteiger partial charge in [-0.25, -0.2) is 0 Å². The zero-order chi connectivity index (χ0) is 13.0. The van der Waals surface area contributed by atoms with E-state index in [1.807, 2.05) is 4.90 Å². The van der Waals surface area contributed by atoms with Gasteiger partial charge in [-0.3, -0.25) is 15.0 Å². The van der Waals surface area contributed by atoms with Crippen molar-refractivity contribution in [3.63, 3.8) is 0 Å². The van der Waals surface area contributed by atoms with Crippen LogP contribution in [0.3, 0.4) is 0 Å². The van der Waals surface area contributed by atoms with Crippen molar-refractivity contribution >= 4 is 17.3 Å². The van der Waals surface area contributed by atoms with E-state index in [1.54, 1.807) is 20.0 Å². The second-order valence-electron chi connectivity index (χ2n) is 3.75. The van der Waals surface area contributed by atoms with Crippen molar-refractivity contribution in [2.45, 2.75) is 19.5 Å². The van der Waals surface area contributed by atoms with Gasteiger partial charge in [0, 0.05) is 18.7 Å². The Morgan fingerprint density at radius 1 is 1.65 bits per heavy atom. The first-order chi connectivity index (χ1) is 7.95. The first-order valence-corrected chi connectivity index (χ1v) is 5.36. The summed E-state index contributed by atoms with van der Waals surface area (Å²) in [5, 5.41) is 19.6. The SMILES string of the molecule is CC(C#N)N(C)Cc1ccc([N+](=O)[O-])cc1Cl. The highest BCUT2D eigenvalue weighted by Gasteiger charge is 2.13. The highest BCUT2D eigenvalue weighted by molar-refractivity contribution is 6.31. The minimum atomic E-state index is -0.489. The van der Waals surface area contributed by atoms with Crippen molar-refractivity contribution in [1.29, 1.82) is 5.26 Å². The number of nitriles is 1. The number of hydrogen-bond acceptors (Lipinski definition) is 4. The molecule has 1 unspecified atom stereocenters. The van der Waals surface area contributed by atoms with Crippen LogP contribution < -0.4 is 0 Å². The van der Waals surface area contributed by atoms with Crippen molar-refractivity contribution in [2.75, 3.05) is 7.05 Å². The molecule has 0 spiro atoms. The minimum absolute atomic E-state index is 0.0327. The van der Waals surface area contributed by atoms with Gasteiger partial charge >= 0.3 is 0 Å². The number of nitro benzene ring substituents is 1. The van der Waals surface area contributed by atoms with Crippen LogP contribution in [0.15, 0.2) is 18.2 Å². The van der Waals surface area contributed by atoms with Crippen molar-refractivity contribution in [1.82, 2.24) is 4.90 Å². The van der Waals surface area contributed by atoms with Crippen LogP contribution in [0.5, 0.6) is 0 Å². The fraction of sp³-hybridized carbons (Fsp3) is 0.364. The molecule has 0 heterocycles. The Morgan fingerprint density at radius 3 is 2.76 bits per heavy atom. The first-order valence-electron chi connectivity index (χ1n) is 4.98. The van der Waals surface area contributed by atoms with Gasteiger partial charge < -0.3 is 0 Å². The molecule has 1 atom stereocenters. The molecule has 0 bridgehead atoms. The molecule has 0 aliphatic heterocycles. The molecule has 1 aromatic carbocycles. The molecule has 1 rings (SSSR count). The quantitative estimate of drug-likeness (QED) is 0.611. The van der Waals surface area contributed by atoms with E-state index in [0.717, 1.165) is 5.56 Å². The van der Waals surface area contributed by atoms with E-state index >= 15 is 0 Å². The maximum absolute atomic E-state index is 10.5. The molecule has 0 amide bonds. The average Bonchev–Trinajstić information content (AvgIpc) is 2.30. The standard InChI is InChI=1S/C11H12ClN3O2/c1-8(6-13)14(2)7-9-3-4-10(15(16)17)5-11(9)12/h3-5,8H,7H2,1-2H3. The number of hydrogen-bond donors (Lipinski definition) is 0. The summed E-state index contributed by atoms with van der Waals surface area (Å²) >= 11 is 5.95. The van der Waals surface area contributed by atoms with Gasteiger partial charge in [-0.2, -0.15) is 5.26 Å². The van der Waals surface area contributed by atoms with Crippen molar-refractivity contribution in [2.24, 2.45) is 0 Å². The van der Waals surface area contributed by atoms with E-state index in [4.69, 9.17) is 16.9 Å². The smallest absolute Gasteiger partial charge is 0.270 e. The number of benzene rings is 1. The van der Waals surface area contributed by atoms with Gasteiger partial charge in [0.15, 0.2) is 0 Å². The highest BCUT2D eigenvalue weighted by atomic mass is 35.5. The van der Waals surface area contributed by atoms with Gasteiger partial charge in [0.2, 0.25) is 0 Å². The Morgan fingerprint density at radius 2 is 2.29 bits per heavy atom. The van der Waals surface area contributed by atoms with Gasteiger partial charge in [-0.15, -0.1) is 0 Å². The fourth-order valence-electron chi connectivity index (χ4n) is 1.28. The van der Waals surface area contributed by atoms with E-state index in [-0.39, 0.29) is 11.7 Å². The second-order valence-corrected chi connectivity index (χ2v) is 4.16. The normalized spacial score (nSPS) is 12.2. The van der Waals surface area contributed by atoms with Crippen molar-refractivity contribution in [3.05, 3.63) is 38.9 Å². The number of nitrogens with zero attached hydrogens (tertiary/aromatic N) is 3. The molecule has 0 aliphatic rings. The van der Waals surface area contributed by atoms with Gasteiger partial charge in [-0.1, -0.05) is 11.6 Å². The van der Waals surface area contributed by atoms with Crippen LogP contribution >= 0.6 is 11.6 Å². The fourth-order valence-corrected chi connectivity index (χ4v) is 1.52. The number of halogens is 1. The van der Waals surface area contributed by atoms with Crippen LogP contribution in [0.2, 0.25) is 5.02 Å². The summed E-state index contributed by atoms with van der Waals surface area (Å²) in [6, 6.07) is 6.22. The lowest BCUT2D eigenvalue weighted by molar-refractivity contribution is -0.384. The molecular weight excluding hydrogens is 242 g/mol. The third-order valence-electron chi connectivity index (χ3n) is 2.52. The third-order valence-corrected chi connectivity index (χ3v) is 2.87. The number of nitro groups is 1. The highest BCUT2D eigenvalue weighted by Crippen LogP contribution is 2.23. The maximum atomic E-state index is 10.5. The van der Waals surface area contributed by atoms with Gasteiger partial charge in [0.1, 0.15) is 0 Å². The van der Waals surface area contributed by atoms with Crippen molar-refractivity contribution < 1.29 is 4.92 Å². The Kier molecular flexibility index (Phi) is 4.44. The Balaban J connectivity index is 2.87. The molecule has 90 valence electrons. The summed E-state index contributed by atoms with van der Waals surface area (Å²) in [7, 11) is 1.80. The summed E-state index contributed by atoms with van der Waals surface area (Å²) in [4.78, 5) is 11.9. The zero-order valence-electron chi connectivity index (χ0n) is 9.55. The molecule has 0 aromatic heterocycles. The monoisotopic (exact) mass is 253 g/mol. The molecule has 5 nitrogen and oxygen atoms in total. The van der Waals surface area contributed by atoms with Gasteiger partial charge in [0.25, 0.3) is 5.69 Å². The Labute approximate surface area is 104 Å². The first kappa shape index (κ1) is 13.4. The molecular formula is C11H12ClN3O2. The predicted molar refractivity (Wildman–Crippen MR) is 64.6 cm³/mol. The van der Waals surface area contributed by atoms with Crippen LogP contribution in [0.4, 0.5) is 5.69 Å². The lowest BCUT2D eigenvalue weighted by Gasteiger charge is -2.19. The average molecular weight is 254 g/mol. The molecule has 0 radical (unpaired) electrons. The van der Waals surface area contributed by atoms with Crippen LogP contribution in [-0.2, 0) is 6.54 Å². The van der Waals surface area contributed by atoms with E-state index in [9.17, 15) is 10.1 Å². The van der Waals surface area contributed by atoms with E-state index in [0.29, 0.717) is 11.6 Å². The number of non-ortho nitro benzene ring substituents is 1. The molecule has 0 fully saturated rings. The molecule has 1 aromatic rings. The third kappa shape index (κ3) is 3.41. The lowest BCUT2D eigenvalue weighted by atomic mass is 10.2. The topological polar surface area (TPSA) is 70.2 Å². The van der Waals surface area contributed by atoms with Crippen LogP contribution in [0.1, 0.15) is 12.5 Å². The predicted octanol–water partition coefficient (Wildman–Crippen LogP) is 2.59. The molecule has 0 saturated carbocycles. The minimum Gasteiger partial charge on any atom is -0.287 e. The lowest BCUT2D eigenvalue weighted by Crippen LogP contribution is -2.27. The van der Waals surface area contributed by atoms with Crippen LogP contribution in [-0.4, -0.2) is 22.9 Å². The molecule has 0 aliphatic carbocycles. The maximum Gasteiger partial charge on any atom is 0.270 e. The summed E-state index contributed by atoms with van der Waals surface area (Å²) in [6.07, 6.45) is 0. The molecule has 6 heteroatoms. The summed E-state index contributed by atoms with van der Waals surface area (Å²) in [6.45, 7) is 2.25. The van der Waals surface area contributed by atoms with Crippen LogP contribution in [0, 0.1) is 21.4 Å². The molecule has 17 heavy (non-hydrogen) atoms. The van der Waals surface area contributed by atoms with E-state index < -0.39 is 4.92 Å². The van der Waals surface area contributed by atoms with E-state index in [1.165, 1.54) is 12.1 Å². The largest absolute Gasteiger partial charge is 0.287 e. The Bertz CT molecular complexity index is 470. The summed E-state index contributed by atoms with van der Waals surface area (Å²) < 4.78 is 0. The second kappa shape index (κ2) is 5.62. The Hall–Kier alpha value is -1.64. The summed E-state index contributed by atoms with van der Waals surface area (Å²) in [5.41, 5.74) is 0.733. The van der Waals surface area contributed by atoms with Crippen LogP contribution in [0.25, 0.3) is 0 Å². The molecule has 0 saturated heterocycles. The van der Waals surface area contributed by atoms with E-state index in [2.05, 4.69) is 6.07 Å². The summed E-state index contributed by atoms with van der Waals surface area (Å²) in [5.74, 6) is 0. The van der Waals surface area contributed by atoms with Crippen molar-refractivity contribution in [3.8, 4) is 6.07 Å².